The van der Waals surface area contributed by atoms with Crippen LogP contribution < -0.4 is 5.48 Å². The second kappa shape index (κ2) is 7.68. The average Bonchev–Trinajstić information content (AvgIpc) is 3.14. The summed E-state index contributed by atoms with van der Waals surface area (Å²) in [5, 5.41) is 0. The molecule has 0 atom stereocenters. The van der Waals surface area contributed by atoms with Crippen molar-refractivity contribution in [3.63, 3.8) is 0 Å². The third kappa shape index (κ3) is 4.49. The van der Waals surface area contributed by atoms with Crippen LogP contribution in [-0.4, -0.2) is 26.3 Å². The number of para-hydroxylation sites is 1. The van der Waals surface area contributed by atoms with Crippen molar-refractivity contribution in [1.29, 1.82) is 0 Å². The standard InChI is InChI=1S/C20H26N2OSi/c1-24(2,23-21-19-13-7-4-8-14-19)17-20(22-15-9-10-16-22)18-11-5-3-6-12-18/h3-8,11-14,17,21H,9-10,15-16H2,1-2H3/b20-17+. The Morgan fingerprint density at radius 1 is 0.958 bits per heavy atom. The first-order valence-corrected chi connectivity index (χ1v) is 11.6. The number of hydrogen-bond acceptors (Lipinski definition) is 3. The molecule has 2 aromatic rings. The summed E-state index contributed by atoms with van der Waals surface area (Å²) in [4.78, 5) is 2.50. The molecule has 0 aliphatic carbocycles. The first-order chi connectivity index (χ1) is 11.6. The number of nitrogens with one attached hydrogen (secondary N) is 1. The number of anilines is 1. The van der Waals surface area contributed by atoms with Crippen LogP contribution in [0.25, 0.3) is 5.70 Å². The van der Waals surface area contributed by atoms with Gasteiger partial charge in [-0.15, -0.1) is 0 Å². The fraction of sp³-hybridized carbons (Fsp3) is 0.300. The van der Waals surface area contributed by atoms with E-state index in [1.165, 1.54) is 24.1 Å². The van der Waals surface area contributed by atoms with Crippen LogP contribution in [0.3, 0.4) is 0 Å². The molecule has 0 unspecified atom stereocenters. The van der Waals surface area contributed by atoms with Crippen LogP contribution >= 0.6 is 0 Å². The highest BCUT2D eigenvalue weighted by molar-refractivity contribution is 6.77. The largest absolute Gasteiger partial charge is 0.372 e. The summed E-state index contributed by atoms with van der Waals surface area (Å²) < 4.78 is 6.11. The average molecular weight is 339 g/mol. The Morgan fingerprint density at radius 3 is 2.17 bits per heavy atom. The van der Waals surface area contributed by atoms with Crippen LogP contribution in [0.4, 0.5) is 5.69 Å². The van der Waals surface area contributed by atoms with Crippen LogP contribution in [0.5, 0.6) is 0 Å². The van der Waals surface area contributed by atoms with Crippen LogP contribution in [0.1, 0.15) is 18.4 Å². The van der Waals surface area contributed by atoms with Crippen molar-refractivity contribution in [1.82, 2.24) is 4.90 Å². The zero-order chi connectivity index (χ0) is 16.8. The molecule has 1 saturated heterocycles. The summed E-state index contributed by atoms with van der Waals surface area (Å²) in [5.74, 6) is 0. The van der Waals surface area contributed by atoms with E-state index in [1.807, 2.05) is 30.3 Å². The van der Waals surface area contributed by atoms with E-state index in [0.29, 0.717) is 0 Å². The molecular weight excluding hydrogens is 312 g/mol. The van der Waals surface area contributed by atoms with Gasteiger partial charge in [-0.25, -0.2) is 0 Å². The van der Waals surface area contributed by atoms with Crippen LogP contribution in [0.2, 0.25) is 13.1 Å². The molecule has 3 nitrogen and oxygen atoms in total. The van der Waals surface area contributed by atoms with Gasteiger partial charge in [-0.05, 0) is 49.3 Å². The predicted molar refractivity (Wildman–Crippen MR) is 104 cm³/mol. The first-order valence-electron chi connectivity index (χ1n) is 8.66. The predicted octanol–water partition coefficient (Wildman–Crippen LogP) is 4.91. The molecule has 0 radical (unpaired) electrons. The molecule has 1 heterocycles. The van der Waals surface area contributed by atoms with Gasteiger partial charge in [0.05, 0.1) is 5.69 Å². The molecule has 0 spiro atoms. The Bertz CT molecular complexity index is 665. The Balaban J connectivity index is 1.79. The molecule has 4 heteroatoms. The molecule has 3 rings (SSSR count). The number of benzene rings is 2. The molecular formula is C20H26N2OSi. The Labute approximate surface area is 146 Å². The second-order valence-corrected chi connectivity index (χ2v) is 10.5. The lowest BCUT2D eigenvalue weighted by Gasteiger charge is -2.27. The second-order valence-electron chi connectivity index (χ2n) is 6.76. The van der Waals surface area contributed by atoms with Crippen molar-refractivity contribution in [2.75, 3.05) is 18.6 Å². The molecule has 1 fully saturated rings. The highest BCUT2D eigenvalue weighted by Crippen LogP contribution is 2.26. The minimum absolute atomic E-state index is 0.994. The maximum atomic E-state index is 6.11. The summed E-state index contributed by atoms with van der Waals surface area (Å²) in [5.41, 5.74) is 9.09. The third-order valence-corrected chi connectivity index (χ3v) is 5.80. The van der Waals surface area contributed by atoms with Gasteiger partial charge < -0.3 is 9.43 Å². The van der Waals surface area contributed by atoms with E-state index >= 15 is 0 Å². The number of rotatable bonds is 6. The van der Waals surface area contributed by atoms with Crippen LogP contribution in [0, 0.1) is 0 Å². The molecule has 24 heavy (non-hydrogen) atoms. The summed E-state index contributed by atoms with van der Waals surface area (Å²) in [6.07, 6.45) is 2.55. The Hall–Kier alpha value is -2.04. The highest BCUT2D eigenvalue weighted by Gasteiger charge is 2.25. The molecule has 1 aliphatic rings. The zero-order valence-corrected chi connectivity index (χ0v) is 15.5. The molecule has 1 aliphatic heterocycles. The SMILES string of the molecule is C[Si](C)(/C=C(\c1ccccc1)N1CCCC1)ONc1ccccc1. The van der Waals surface area contributed by atoms with Crippen LogP contribution in [-0.2, 0) is 4.53 Å². The van der Waals surface area contributed by atoms with Gasteiger partial charge in [-0.1, -0.05) is 48.5 Å². The van der Waals surface area contributed by atoms with E-state index in [9.17, 15) is 0 Å². The third-order valence-electron chi connectivity index (χ3n) is 4.21. The summed E-state index contributed by atoms with van der Waals surface area (Å²) in [6, 6.07) is 20.7. The monoisotopic (exact) mass is 338 g/mol. The van der Waals surface area contributed by atoms with Gasteiger partial charge in [-0.3, -0.25) is 5.48 Å². The van der Waals surface area contributed by atoms with Gasteiger partial charge in [0.25, 0.3) is 0 Å². The molecule has 0 bridgehead atoms. The summed E-state index contributed by atoms with van der Waals surface area (Å²) >= 11 is 0. The molecule has 1 N–H and O–H groups in total. The first kappa shape index (κ1) is 16.8. The van der Waals surface area contributed by atoms with Gasteiger partial charge in [-0.2, -0.15) is 0 Å². The van der Waals surface area contributed by atoms with Crippen molar-refractivity contribution in [2.24, 2.45) is 0 Å². The quantitative estimate of drug-likeness (QED) is 0.598. The maximum absolute atomic E-state index is 6.11. The van der Waals surface area contributed by atoms with Crippen molar-refractivity contribution in [2.45, 2.75) is 25.9 Å². The van der Waals surface area contributed by atoms with Crippen molar-refractivity contribution < 1.29 is 4.53 Å². The smallest absolute Gasteiger partial charge is 0.248 e. The van der Waals surface area contributed by atoms with E-state index in [1.54, 1.807) is 0 Å². The minimum Gasteiger partial charge on any atom is -0.372 e. The van der Waals surface area contributed by atoms with Crippen molar-refractivity contribution >= 4 is 19.7 Å². The number of hydrogen-bond donors (Lipinski definition) is 1. The van der Waals surface area contributed by atoms with Gasteiger partial charge >= 0.3 is 0 Å². The molecule has 0 saturated carbocycles. The Kier molecular flexibility index (Phi) is 5.38. The molecule has 0 amide bonds. The lowest BCUT2D eigenvalue weighted by molar-refractivity contribution is 0.404. The number of nitrogens with zero attached hydrogens (tertiary/aromatic N) is 1. The van der Waals surface area contributed by atoms with E-state index < -0.39 is 8.32 Å². The number of likely N-dealkylation sites (tertiary alicyclic amines) is 1. The van der Waals surface area contributed by atoms with Crippen molar-refractivity contribution in [3.8, 4) is 0 Å². The van der Waals surface area contributed by atoms with Gasteiger partial charge in [0.1, 0.15) is 0 Å². The topological polar surface area (TPSA) is 24.5 Å². The lowest BCUT2D eigenvalue weighted by atomic mass is 10.1. The van der Waals surface area contributed by atoms with Gasteiger partial charge in [0, 0.05) is 18.8 Å². The minimum atomic E-state index is -2.01. The molecule has 0 aromatic heterocycles. The summed E-state index contributed by atoms with van der Waals surface area (Å²) in [7, 11) is -2.01. The maximum Gasteiger partial charge on any atom is 0.248 e. The van der Waals surface area contributed by atoms with E-state index in [-0.39, 0.29) is 0 Å². The zero-order valence-electron chi connectivity index (χ0n) is 14.5. The van der Waals surface area contributed by atoms with Crippen molar-refractivity contribution in [3.05, 3.63) is 71.9 Å². The van der Waals surface area contributed by atoms with E-state index in [0.717, 1.165) is 18.8 Å². The molecule has 126 valence electrons. The van der Waals surface area contributed by atoms with Gasteiger partial charge in [0.2, 0.25) is 8.32 Å². The summed E-state index contributed by atoms with van der Waals surface area (Å²) in [6.45, 7) is 6.72. The van der Waals surface area contributed by atoms with Crippen LogP contribution in [0.15, 0.2) is 66.4 Å². The van der Waals surface area contributed by atoms with E-state index in [4.69, 9.17) is 4.53 Å². The van der Waals surface area contributed by atoms with Gasteiger partial charge in [0.15, 0.2) is 0 Å². The molecule has 2 aromatic carbocycles. The lowest BCUT2D eigenvalue weighted by Crippen LogP contribution is -2.33. The fourth-order valence-electron chi connectivity index (χ4n) is 2.98. The van der Waals surface area contributed by atoms with E-state index in [2.05, 4.69) is 59.5 Å². The Morgan fingerprint density at radius 2 is 1.54 bits per heavy atom. The fourth-order valence-corrected chi connectivity index (χ4v) is 4.43. The normalized spacial score (nSPS) is 15.6. The highest BCUT2D eigenvalue weighted by atomic mass is 28.4.